The number of likely N-dealkylation sites (N-methyl/N-ethyl adjacent to an activating group) is 1. The fraction of sp³-hybridized carbons (Fsp3) is 0.273. The molecule has 17 heavy (non-hydrogen) atoms. The fourth-order valence-corrected chi connectivity index (χ4v) is 1.45. The molecule has 0 spiro atoms. The summed E-state index contributed by atoms with van der Waals surface area (Å²) in [5, 5.41) is 10.8. The molecule has 0 aliphatic heterocycles. The third-order valence-electron chi connectivity index (χ3n) is 2.22. The molecule has 0 amide bonds. The highest BCUT2D eigenvalue weighted by Gasteiger charge is 2.10. The first-order valence-corrected chi connectivity index (χ1v) is 5.51. The number of nitrogens with one attached hydrogen (secondary N) is 1. The van der Waals surface area contributed by atoms with Gasteiger partial charge in [0.25, 0.3) is 0 Å². The first-order valence-electron chi connectivity index (χ1n) is 5.13. The largest absolute Gasteiger partial charge is 0.421 e. The third kappa shape index (κ3) is 2.81. The standard InChI is InChI=1S/C11H11ClFN3O/c1-14-5-4-10-15-16-11(17-10)7-2-3-8(12)9(13)6-7/h2-3,6,14H,4-5H2,1H3. The lowest BCUT2D eigenvalue weighted by atomic mass is 10.2. The van der Waals surface area contributed by atoms with Crippen LogP contribution in [0.2, 0.25) is 5.02 Å². The molecule has 0 saturated heterocycles. The summed E-state index contributed by atoms with van der Waals surface area (Å²) in [5.74, 6) is 0.315. The van der Waals surface area contributed by atoms with Crippen molar-refractivity contribution in [1.82, 2.24) is 15.5 Å². The summed E-state index contributed by atoms with van der Waals surface area (Å²) in [6.07, 6.45) is 0.638. The van der Waals surface area contributed by atoms with Gasteiger partial charge in [0.05, 0.1) is 5.02 Å². The maximum atomic E-state index is 13.2. The smallest absolute Gasteiger partial charge is 0.247 e. The highest BCUT2D eigenvalue weighted by atomic mass is 35.5. The van der Waals surface area contributed by atoms with Crippen LogP contribution in [0.3, 0.4) is 0 Å². The van der Waals surface area contributed by atoms with E-state index in [9.17, 15) is 4.39 Å². The summed E-state index contributed by atoms with van der Waals surface area (Å²) in [4.78, 5) is 0. The van der Waals surface area contributed by atoms with E-state index in [-0.39, 0.29) is 5.02 Å². The van der Waals surface area contributed by atoms with Gasteiger partial charge < -0.3 is 9.73 Å². The van der Waals surface area contributed by atoms with Crippen LogP contribution < -0.4 is 5.32 Å². The monoisotopic (exact) mass is 255 g/mol. The summed E-state index contributed by atoms with van der Waals surface area (Å²) in [6.45, 7) is 0.747. The number of rotatable bonds is 4. The molecule has 0 radical (unpaired) electrons. The summed E-state index contributed by atoms with van der Waals surface area (Å²) >= 11 is 5.59. The van der Waals surface area contributed by atoms with E-state index in [0.717, 1.165) is 6.54 Å². The molecule has 0 saturated carbocycles. The molecule has 0 fully saturated rings. The minimum absolute atomic E-state index is 0.0728. The molecule has 0 aliphatic rings. The molecule has 2 rings (SSSR count). The second kappa shape index (κ2) is 5.25. The van der Waals surface area contributed by atoms with Crippen molar-refractivity contribution >= 4 is 11.6 Å². The first-order chi connectivity index (χ1) is 8.20. The van der Waals surface area contributed by atoms with Gasteiger partial charge in [0.2, 0.25) is 11.8 Å². The van der Waals surface area contributed by atoms with Crippen LogP contribution in [0.4, 0.5) is 4.39 Å². The Bertz CT molecular complexity index is 515. The van der Waals surface area contributed by atoms with Crippen molar-refractivity contribution in [2.75, 3.05) is 13.6 Å². The van der Waals surface area contributed by atoms with Crippen LogP contribution in [0, 0.1) is 5.82 Å². The number of hydrogen-bond acceptors (Lipinski definition) is 4. The SMILES string of the molecule is CNCCc1nnc(-c2ccc(Cl)c(F)c2)o1. The zero-order chi connectivity index (χ0) is 12.3. The normalized spacial score (nSPS) is 10.8. The average molecular weight is 256 g/mol. The van der Waals surface area contributed by atoms with Gasteiger partial charge in [-0.2, -0.15) is 0 Å². The first kappa shape index (κ1) is 12.0. The van der Waals surface area contributed by atoms with Crippen molar-refractivity contribution in [2.24, 2.45) is 0 Å². The summed E-state index contributed by atoms with van der Waals surface area (Å²) in [5.41, 5.74) is 0.523. The van der Waals surface area contributed by atoms with Crippen molar-refractivity contribution in [3.05, 3.63) is 34.9 Å². The Hall–Kier alpha value is -1.46. The van der Waals surface area contributed by atoms with Crippen molar-refractivity contribution in [2.45, 2.75) is 6.42 Å². The van der Waals surface area contributed by atoms with Crippen molar-refractivity contribution in [3.63, 3.8) is 0 Å². The zero-order valence-electron chi connectivity index (χ0n) is 9.20. The highest BCUT2D eigenvalue weighted by Crippen LogP contribution is 2.23. The Morgan fingerprint density at radius 3 is 2.94 bits per heavy atom. The summed E-state index contributed by atoms with van der Waals surface area (Å²) in [7, 11) is 1.84. The van der Waals surface area contributed by atoms with Gasteiger partial charge in [-0.25, -0.2) is 4.39 Å². The van der Waals surface area contributed by atoms with Gasteiger partial charge in [0.15, 0.2) is 0 Å². The molecule has 2 aromatic rings. The quantitative estimate of drug-likeness (QED) is 0.911. The number of aromatic nitrogens is 2. The Morgan fingerprint density at radius 2 is 2.24 bits per heavy atom. The van der Waals surface area contributed by atoms with Crippen molar-refractivity contribution in [3.8, 4) is 11.5 Å². The van der Waals surface area contributed by atoms with Crippen LogP contribution in [0.1, 0.15) is 5.89 Å². The maximum Gasteiger partial charge on any atom is 0.247 e. The Labute approximate surface area is 103 Å². The van der Waals surface area contributed by atoms with E-state index in [4.69, 9.17) is 16.0 Å². The highest BCUT2D eigenvalue weighted by molar-refractivity contribution is 6.30. The lowest BCUT2D eigenvalue weighted by Gasteiger charge is -1.97. The zero-order valence-corrected chi connectivity index (χ0v) is 9.96. The minimum atomic E-state index is -0.501. The maximum absolute atomic E-state index is 13.2. The molecular weight excluding hydrogens is 245 g/mol. The van der Waals surface area contributed by atoms with Crippen molar-refractivity contribution < 1.29 is 8.81 Å². The molecule has 0 unspecified atom stereocenters. The number of halogens is 2. The molecule has 1 aromatic carbocycles. The van der Waals surface area contributed by atoms with Crippen LogP contribution >= 0.6 is 11.6 Å². The van der Waals surface area contributed by atoms with E-state index < -0.39 is 5.82 Å². The van der Waals surface area contributed by atoms with Gasteiger partial charge in [-0.1, -0.05) is 11.6 Å². The second-order valence-electron chi connectivity index (χ2n) is 3.48. The average Bonchev–Trinajstić information content (AvgIpc) is 2.79. The molecule has 1 N–H and O–H groups in total. The molecule has 1 heterocycles. The van der Waals surface area contributed by atoms with Crippen LogP contribution in [0.5, 0.6) is 0 Å². The predicted octanol–water partition coefficient (Wildman–Crippen LogP) is 2.29. The van der Waals surface area contributed by atoms with Crippen LogP contribution in [-0.2, 0) is 6.42 Å². The lowest BCUT2D eigenvalue weighted by Crippen LogP contribution is -2.10. The van der Waals surface area contributed by atoms with Gasteiger partial charge in [0.1, 0.15) is 5.82 Å². The number of nitrogens with zero attached hydrogens (tertiary/aromatic N) is 2. The molecule has 0 atom stereocenters. The van der Waals surface area contributed by atoms with Gasteiger partial charge in [0, 0.05) is 18.5 Å². The number of hydrogen-bond donors (Lipinski definition) is 1. The predicted molar refractivity (Wildman–Crippen MR) is 62.3 cm³/mol. The molecule has 1 aromatic heterocycles. The van der Waals surface area contributed by atoms with Gasteiger partial charge in [-0.3, -0.25) is 0 Å². The van der Waals surface area contributed by atoms with E-state index in [1.807, 2.05) is 7.05 Å². The second-order valence-corrected chi connectivity index (χ2v) is 3.89. The van der Waals surface area contributed by atoms with E-state index in [1.54, 1.807) is 6.07 Å². The lowest BCUT2D eigenvalue weighted by molar-refractivity contribution is 0.499. The molecule has 0 bridgehead atoms. The van der Waals surface area contributed by atoms with Crippen molar-refractivity contribution in [1.29, 1.82) is 0 Å². The Kier molecular flexibility index (Phi) is 3.71. The molecule has 4 nitrogen and oxygen atoms in total. The van der Waals surface area contributed by atoms with E-state index in [0.29, 0.717) is 23.8 Å². The van der Waals surface area contributed by atoms with Gasteiger partial charge in [-0.05, 0) is 25.2 Å². The minimum Gasteiger partial charge on any atom is -0.421 e. The van der Waals surface area contributed by atoms with Gasteiger partial charge in [-0.15, -0.1) is 10.2 Å². The summed E-state index contributed by atoms with van der Waals surface area (Å²) in [6, 6.07) is 4.38. The molecule has 6 heteroatoms. The molecular formula is C11H11ClFN3O. The van der Waals surface area contributed by atoms with Gasteiger partial charge >= 0.3 is 0 Å². The fourth-order valence-electron chi connectivity index (χ4n) is 1.33. The van der Waals surface area contributed by atoms with E-state index in [2.05, 4.69) is 15.5 Å². The van der Waals surface area contributed by atoms with Crippen LogP contribution in [0.15, 0.2) is 22.6 Å². The van der Waals surface area contributed by atoms with Crippen LogP contribution in [0.25, 0.3) is 11.5 Å². The summed E-state index contributed by atoms with van der Waals surface area (Å²) < 4.78 is 18.6. The molecule has 90 valence electrons. The number of benzene rings is 1. The Morgan fingerprint density at radius 1 is 1.41 bits per heavy atom. The molecule has 0 aliphatic carbocycles. The topological polar surface area (TPSA) is 51.0 Å². The third-order valence-corrected chi connectivity index (χ3v) is 2.53. The van der Waals surface area contributed by atoms with E-state index in [1.165, 1.54) is 12.1 Å². The van der Waals surface area contributed by atoms with Crippen LogP contribution in [-0.4, -0.2) is 23.8 Å². The Balaban J connectivity index is 2.21. The van der Waals surface area contributed by atoms with E-state index >= 15 is 0 Å².